The normalized spacial score (nSPS) is 35.1. The lowest BCUT2D eigenvalue weighted by Crippen LogP contribution is -2.49. The van der Waals surface area contributed by atoms with E-state index in [1.165, 1.54) is 0 Å². The lowest BCUT2D eigenvalue weighted by atomic mass is 9.86. The molecule has 2 saturated heterocycles. The molecule has 3 heteroatoms. The quantitative estimate of drug-likeness (QED) is 0.635. The molecule has 0 radical (unpaired) electrons. The van der Waals surface area contributed by atoms with Gasteiger partial charge in [-0.3, -0.25) is 4.90 Å². The van der Waals surface area contributed by atoms with Crippen molar-refractivity contribution in [2.45, 2.75) is 19.9 Å². The number of nitrogens with zero attached hydrogens (tertiary/aromatic N) is 1. The number of rotatable bonds is 1. The Balaban J connectivity index is 1.98. The van der Waals surface area contributed by atoms with Crippen molar-refractivity contribution in [1.82, 2.24) is 10.2 Å². The lowest BCUT2D eigenvalue weighted by molar-refractivity contribution is 0.000137. The Morgan fingerprint density at radius 3 is 2.54 bits per heavy atom. The molecule has 2 rings (SSSR count). The Morgan fingerprint density at radius 2 is 2.00 bits per heavy atom. The van der Waals surface area contributed by atoms with E-state index >= 15 is 0 Å². The molecule has 0 spiro atoms. The number of hydrogen-bond donors (Lipinski definition) is 1. The van der Waals surface area contributed by atoms with Crippen LogP contribution < -0.4 is 5.32 Å². The second kappa shape index (κ2) is 3.56. The maximum Gasteiger partial charge on any atom is 0.0594 e. The summed E-state index contributed by atoms with van der Waals surface area (Å²) in [5.41, 5.74) is 0.428. The van der Waals surface area contributed by atoms with Crippen LogP contribution >= 0.6 is 0 Å². The van der Waals surface area contributed by atoms with Crippen LogP contribution in [-0.2, 0) is 4.74 Å². The fourth-order valence-electron chi connectivity index (χ4n) is 2.44. The third kappa shape index (κ3) is 1.87. The van der Waals surface area contributed by atoms with Crippen molar-refractivity contribution in [2.75, 3.05) is 39.4 Å². The summed E-state index contributed by atoms with van der Waals surface area (Å²) < 4.78 is 5.37. The number of hydrogen-bond acceptors (Lipinski definition) is 3. The van der Waals surface area contributed by atoms with E-state index in [2.05, 4.69) is 24.1 Å². The summed E-state index contributed by atoms with van der Waals surface area (Å²) in [6.45, 7) is 11.0. The summed E-state index contributed by atoms with van der Waals surface area (Å²) in [6, 6.07) is 0.705. The van der Waals surface area contributed by atoms with Gasteiger partial charge in [0.15, 0.2) is 0 Å². The van der Waals surface area contributed by atoms with Gasteiger partial charge in [-0.15, -0.1) is 0 Å². The molecule has 2 aliphatic rings. The highest BCUT2D eigenvalue weighted by Gasteiger charge is 2.38. The minimum atomic E-state index is 0.428. The molecule has 0 saturated carbocycles. The minimum absolute atomic E-state index is 0.428. The summed E-state index contributed by atoms with van der Waals surface area (Å²) >= 11 is 0. The minimum Gasteiger partial charge on any atom is -0.379 e. The van der Waals surface area contributed by atoms with Gasteiger partial charge in [0.1, 0.15) is 0 Å². The van der Waals surface area contributed by atoms with Gasteiger partial charge in [-0.2, -0.15) is 0 Å². The Bertz CT molecular complexity index is 176. The van der Waals surface area contributed by atoms with Crippen molar-refractivity contribution < 1.29 is 4.74 Å². The first-order valence-corrected chi connectivity index (χ1v) is 5.23. The standard InChI is InChI=1S/C10H20N2O/c1-10(2)8-11-7-9(10)12-3-5-13-6-4-12/h9,11H,3-8H2,1-2H3. The van der Waals surface area contributed by atoms with Crippen LogP contribution in [0.25, 0.3) is 0 Å². The SMILES string of the molecule is CC1(C)CNCC1N1CCOCC1. The van der Waals surface area contributed by atoms with E-state index in [1.807, 2.05) is 0 Å². The molecule has 1 N–H and O–H groups in total. The molecule has 76 valence electrons. The third-order valence-corrected chi connectivity index (χ3v) is 3.31. The van der Waals surface area contributed by atoms with Crippen LogP contribution in [0.1, 0.15) is 13.8 Å². The van der Waals surface area contributed by atoms with Crippen molar-refractivity contribution in [3.63, 3.8) is 0 Å². The van der Waals surface area contributed by atoms with Crippen molar-refractivity contribution in [3.05, 3.63) is 0 Å². The van der Waals surface area contributed by atoms with Gasteiger partial charge in [-0.05, 0) is 5.41 Å². The van der Waals surface area contributed by atoms with Crippen LogP contribution in [0.2, 0.25) is 0 Å². The monoisotopic (exact) mass is 184 g/mol. The Labute approximate surface area is 80.4 Å². The number of morpholine rings is 1. The van der Waals surface area contributed by atoms with E-state index in [-0.39, 0.29) is 0 Å². The molecule has 1 unspecified atom stereocenters. The zero-order valence-electron chi connectivity index (χ0n) is 8.68. The highest BCUT2D eigenvalue weighted by atomic mass is 16.5. The predicted molar refractivity (Wildman–Crippen MR) is 52.8 cm³/mol. The fourth-order valence-corrected chi connectivity index (χ4v) is 2.44. The predicted octanol–water partition coefficient (Wildman–Crippen LogP) is 0.317. The summed E-state index contributed by atoms with van der Waals surface area (Å²) in [5, 5.41) is 3.48. The molecule has 0 aromatic heterocycles. The highest BCUT2D eigenvalue weighted by Crippen LogP contribution is 2.28. The first-order valence-electron chi connectivity index (χ1n) is 5.23. The molecule has 0 aliphatic carbocycles. The van der Waals surface area contributed by atoms with Gasteiger partial charge in [0.2, 0.25) is 0 Å². The average molecular weight is 184 g/mol. The number of nitrogens with one attached hydrogen (secondary N) is 1. The maximum absolute atomic E-state index is 5.37. The van der Waals surface area contributed by atoms with Crippen molar-refractivity contribution in [1.29, 1.82) is 0 Å². The van der Waals surface area contributed by atoms with Crippen molar-refractivity contribution in [2.24, 2.45) is 5.41 Å². The van der Waals surface area contributed by atoms with E-state index in [4.69, 9.17) is 4.74 Å². The van der Waals surface area contributed by atoms with Crippen LogP contribution in [0.4, 0.5) is 0 Å². The topological polar surface area (TPSA) is 24.5 Å². The Kier molecular flexibility index (Phi) is 2.58. The molecular weight excluding hydrogens is 164 g/mol. The van der Waals surface area contributed by atoms with Gasteiger partial charge in [-0.25, -0.2) is 0 Å². The average Bonchev–Trinajstić information content (AvgIpc) is 2.47. The van der Waals surface area contributed by atoms with Crippen LogP contribution in [0.5, 0.6) is 0 Å². The molecule has 1 atom stereocenters. The van der Waals surface area contributed by atoms with Gasteiger partial charge < -0.3 is 10.1 Å². The molecule has 2 heterocycles. The molecular formula is C10H20N2O. The van der Waals surface area contributed by atoms with E-state index in [0.717, 1.165) is 39.4 Å². The molecule has 0 aromatic carbocycles. The highest BCUT2D eigenvalue weighted by molar-refractivity contribution is 4.95. The molecule has 3 nitrogen and oxygen atoms in total. The molecule has 2 fully saturated rings. The largest absolute Gasteiger partial charge is 0.379 e. The zero-order chi connectivity index (χ0) is 9.31. The maximum atomic E-state index is 5.37. The van der Waals surface area contributed by atoms with E-state index in [9.17, 15) is 0 Å². The Hall–Kier alpha value is -0.120. The molecule has 0 bridgehead atoms. The van der Waals surface area contributed by atoms with Gasteiger partial charge in [0.25, 0.3) is 0 Å². The van der Waals surface area contributed by atoms with Crippen LogP contribution in [0.15, 0.2) is 0 Å². The van der Waals surface area contributed by atoms with E-state index < -0.39 is 0 Å². The first-order chi connectivity index (χ1) is 6.20. The smallest absolute Gasteiger partial charge is 0.0594 e. The third-order valence-electron chi connectivity index (χ3n) is 3.31. The summed E-state index contributed by atoms with van der Waals surface area (Å²) in [6.07, 6.45) is 0. The second-order valence-electron chi connectivity index (χ2n) is 4.78. The number of ether oxygens (including phenoxy) is 1. The van der Waals surface area contributed by atoms with Gasteiger partial charge >= 0.3 is 0 Å². The van der Waals surface area contributed by atoms with Gasteiger partial charge in [0, 0.05) is 32.2 Å². The zero-order valence-corrected chi connectivity index (χ0v) is 8.68. The fraction of sp³-hybridized carbons (Fsp3) is 1.00. The second-order valence-corrected chi connectivity index (χ2v) is 4.78. The van der Waals surface area contributed by atoms with Gasteiger partial charge in [0.05, 0.1) is 13.2 Å². The van der Waals surface area contributed by atoms with Crippen LogP contribution in [0, 0.1) is 5.41 Å². The van der Waals surface area contributed by atoms with Crippen LogP contribution in [0.3, 0.4) is 0 Å². The Morgan fingerprint density at radius 1 is 1.31 bits per heavy atom. The first kappa shape index (κ1) is 9.44. The van der Waals surface area contributed by atoms with Gasteiger partial charge in [-0.1, -0.05) is 13.8 Å². The van der Waals surface area contributed by atoms with E-state index in [0.29, 0.717) is 11.5 Å². The summed E-state index contributed by atoms with van der Waals surface area (Å²) in [7, 11) is 0. The lowest BCUT2D eigenvalue weighted by Gasteiger charge is -2.38. The molecule has 2 aliphatic heterocycles. The summed E-state index contributed by atoms with van der Waals surface area (Å²) in [4.78, 5) is 2.57. The molecule has 0 amide bonds. The summed E-state index contributed by atoms with van der Waals surface area (Å²) in [5.74, 6) is 0. The van der Waals surface area contributed by atoms with E-state index in [1.54, 1.807) is 0 Å². The molecule has 0 aromatic rings. The van der Waals surface area contributed by atoms with Crippen molar-refractivity contribution in [3.8, 4) is 0 Å². The van der Waals surface area contributed by atoms with Crippen LogP contribution in [-0.4, -0.2) is 50.3 Å². The molecule has 13 heavy (non-hydrogen) atoms. The van der Waals surface area contributed by atoms with Crippen molar-refractivity contribution >= 4 is 0 Å².